The molecule has 0 aliphatic heterocycles. The van der Waals surface area contributed by atoms with Gasteiger partial charge in [0.1, 0.15) is 5.60 Å². The van der Waals surface area contributed by atoms with Gasteiger partial charge in [-0.05, 0) is 57.9 Å². The van der Waals surface area contributed by atoms with Gasteiger partial charge in [-0.1, -0.05) is 30.3 Å². The standard InChI is InChI=1S/C21H34N4O2.HI/c1-5-22-19(23-12-9-13-24-20(26)27-21(2,3)4)25-15-17-14-18(17)16-10-7-6-8-11-16;/h6-8,10-11,17-18H,5,9,12-15H2,1-4H3,(H,24,26)(H2,22,23,25);1H. The quantitative estimate of drug-likeness (QED) is 0.218. The molecule has 2 unspecified atom stereocenters. The van der Waals surface area contributed by atoms with E-state index in [1.165, 1.54) is 12.0 Å². The Bertz CT molecular complexity index is 617. The molecule has 1 aromatic carbocycles. The van der Waals surface area contributed by atoms with Crippen LogP contribution in [0.1, 0.15) is 52.0 Å². The zero-order chi connectivity index (χ0) is 19.7. The number of guanidine groups is 1. The van der Waals surface area contributed by atoms with Crippen LogP contribution >= 0.6 is 24.0 Å². The summed E-state index contributed by atoms with van der Waals surface area (Å²) in [7, 11) is 0. The van der Waals surface area contributed by atoms with Crippen molar-refractivity contribution in [3.8, 4) is 0 Å². The topological polar surface area (TPSA) is 74.8 Å². The fourth-order valence-electron chi connectivity index (χ4n) is 2.91. The number of nitrogens with zero attached hydrogens (tertiary/aromatic N) is 1. The molecule has 2 rings (SSSR count). The minimum absolute atomic E-state index is 0. The highest BCUT2D eigenvalue weighted by atomic mass is 127. The molecule has 2 atom stereocenters. The molecule has 3 N–H and O–H groups in total. The molecule has 1 aliphatic rings. The lowest BCUT2D eigenvalue weighted by atomic mass is 10.1. The molecule has 0 saturated heterocycles. The van der Waals surface area contributed by atoms with Crippen LogP contribution in [0.15, 0.2) is 35.3 Å². The van der Waals surface area contributed by atoms with E-state index in [0.29, 0.717) is 18.4 Å². The first-order valence-corrected chi connectivity index (χ1v) is 9.93. The first kappa shape index (κ1) is 24.5. The Morgan fingerprint density at radius 1 is 1.14 bits per heavy atom. The van der Waals surface area contributed by atoms with E-state index in [-0.39, 0.29) is 30.1 Å². The molecule has 0 heterocycles. The van der Waals surface area contributed by atoms with Crippen molar-refractivity contribution in [2.24, 2.45) is 10.9 Å². The number of alkyl carbamates (subject to hydrolysis) is 1. The molecule has 1 fully saturated rings. The molecule has 7 heteroatoms. The summed E-state index contributed by atoms with van der Waals surface area (Å²) in [6.45, 7) is 10.6. The van der Waals surface area contributed by atoms with Gasteiger partial charge < -0.3 is 20.7 Å². The normalized spacial score (nSPS) is 18.6. The highest BCUT2D eigenvalue weighted by molar-refractivity contribution is 14.0. The van der Waals surface area contributed by atoms with Gasteiger partial charge in [0.25, 0.3) is 0 Å². The number of amides is 1. The van der Waals surface area contributed by atoms with Crippen LogP contribution in [0, 0.1) is 5.92 Å². The summed E-state index contributed by atoms with van der Waals surface area (Å²) in [6, 6.07) is 10.7. The summed E-state index contributed by atoms with van der Waals surface area (Å²) < 4.78 is 5.22. The van der Waals surface area contributed by atoms with E-state index in [2.05, 4.69) is 53.2 Å². The average molecular weight is 502 g/mol. The molecule has 158 valence electrons. The van der Waals surface area contributed by atoms with E-state index in [0.717, 1.165) is 32.0 Å². The second-order valence-corrected chi connectivity index (χ2v) is 7.94. The molecule has 0 bridgehead atoms. The Morgan fingerprint density at radius 2 is 1.82 bits per heavy atom. The van der Waals surface area contributed by atoms with E-state index in [9.17, 15) is 4.79 Å². The van der Waals surface area contributed by atoms with Gasteiger partial charge in [-0.2, -0.15) is 0 Å². The Morgan fingerprint density at radius 3 is 2.46 bits per heavy atom. The molecule has 28 heavy (non-hydrogen) atoms. The van der Waals surface area contributed by atoms with Gasteiger partial charge in [-0.15, -0.1) is 24.0 Å². The van der Waals surface area contributed by atoms with Crippen LogP contribution < -0.4 is 16.0 Å². The average Bonchev–Trinajstić information content (AvgIpc) is 3.38. The van der Waals surface area contributed by atoms with Crippen molar-refractivity contribution >= 4 is 36.0 Å². The van der Waals surface area contributed by atoms with Crippen molar-refractivity contribution in [2.45, 2.75) is 52.1 Å². The van der Waals surface area contributed by atoms with Crippen molar-refractivity contribution in [2.75, 3.05) is 26.2 Å². The fourth-order valence-corrected chi connectivity index (χ4v) is 2.91. The molecule has 0 aromatic heterocycles. The predicted octanol–water partition coefficient (Wildman–Crippen LogP) is 3.88. The van der Waals surface area contributed by atoms with E-state index >= 15 is 0 Å². The molecule has 1 amide bonds. The van der Waals surface area contributed by atoms with E-state index < -0.39 is 5.60 Å². The van der Waals surface area contributed by atoms with Gasteiger partial charge in [0.15, 0.2) is 5.96 Å². The molecule has 1 saturated carbocycles. The zero-order valence-corrected chi connectivity index (χ0v) is 19.8. The number of nitrogens with one attached hydrogen (secondary N) is 3. The van der Waals surface area contributed by atoms with Gasteiger partial charge in [-0.3, -0.25) is 4.99 Å². The zero-order valence-electron chi connectivity index (χ0n) is 17.5. The van der Waals surface area contributed by atoms with Crippen LogP contribution in [-0.4, -0.2) is 43.8 Å². The Balaban J connectivity index is 0.00000392. The number of rotatable bonds is 8. The molecule has 0 spiro atoms. The van der Waals surface area contributed by atoms with Crippen LogP contribution in [0.4, 0.5) is 4.79 Å². The molecule has 1 aliphatic carbocycles. The number of hydrogen-bond donors (Lipinski definition) is 3. The van der Waals surface area contributed by atoms with Gasteiger partial charge in [-0.25, -0.2) is 4.79 Å². The summed E-state index contributed by atoms with van der Waals surface area (Å²) in [5, 5.41) is 9.37. The van der Waals surface area contributed by atoms with Crippen molar-refractivity contribution in [1.82, 2.24) is 16.0 Å². The van der Waals surface area contributed by atoms with Crippen molar-refractivity contribution in [3.63, 3.8) is 0 Å². The summed E-state index contributed by atoms with van der Waals surface area (Å²) in [4.78, 5) is 16.3. The predicted molar refractivity (Wildman–Crippen MR) is 126 cm³/mol. The number of carbonyl (C=O) groups excluding carboxylic acids is 1. The molecular formula is C21H35IN4O2. The molecule has 0 radical (unpaired) electrons. The summed E-state index contributed by atoms with van der Waals surface area (Å²) in [6.07, 6.45) is 1.65. The summed E-state index contributed by atoms with van der Waals surface area (Å²) in [5.74, 6) is 2.13. The van der Waals surface area contributed by atoms with Gasteiger partial charge in [0.2, 0.25) is 0 Å². The molecular weight excluding hydrogens is 467 g/mol. The van der Waals surface area contributed by atoms with Crippen molar-refractivity contribution < 1.29 is 9.53 Å². The second kappa shape index (κ2) is 12.1. The van der Waals surface area contributed by atoms with Gasteiger partial charge >= 0.3 is 6.09 Å². The number of ether oxygens (including phenoxy) is 1. The lowest BCUT2D eigenvalue weighted by Gasteiger charge is -2.19. The SMILES string of the molecule is CCNC(=NCC1CC1c1ccccc1)NCCCNC(=O)OC(C)(C)C.I. The Labute approximate surface area is 186 Å². The van der Waals surface area contributed by atoms with E-state index in [4.69, 9.17) is 9.73 Å². The lowest BCUT2D eigenvalue weighted by molar-refractivity contribution is 0.0527. The number of benzene rings is 1. The third-order valence-electron chi connectivity index (χ3n) is 4.29. The number of aliphatic imine (C=N–C) groups is 1. The third-order valence-corrected chi connectivity index (χ3v) is 4.29. The maximum Gasteiger partial charge on any atom is 0.407 e. The van der Waals surface area contributed by atoms with Crippen molar-refractivity contribution in [3.05, 3.63) is 35.9 Å². The molecule has 1 aromatic rings. The van der Waals surface area contributed by atoms with E-state index in [1.807, 2.05) is 20.8 Å². The third kappa shape index (κ3) is 9.61. The second-order valence-electron chi connectivity index (χ2n) is 7.94. The van der Waals surface area contributed by atoms with Crippen LogP contribution in [0.25, 0.3) is 0 Å². The highest BCUT2D eigenvalue weighted by Crippen LogP contribution is 2.47. The Kier molecular flexibility index (Phi) is 10.6. The van der Waals surface area contributed by atoms with Crippen LogP contribution in [0.3, 0.4) is 0 Å². The van der Waals surface area contributed by atoms with Gasteiger partial charge in [0, 0.05) is 26.2 Å². The molecule has 6 nitrogen and oxygen atoms in total. The summed E-state index contributed by atoms with van der Waals surface area (Å²) >= 11 is 0. The first-order chi connectivity index (χ1) is 12.9. The lowest BCUT2D eigenvalue weighted by Crippen LogP contribution is -2.39. The van der Waals surface area contributed by atoms with Crippen LogP contribution in [0.2, 0.25) is 0 Å². The number of carbonyl (C=O) groups is 1. The minimum Gasteiger partial charge on any atom is -0.444 e. The highest BCUT2D eigenvalue weighted by Gasteiger charge is 2.37. The Hall–Kier alpha value is -1.51. The first-order valence-electron chi connectivity index (χ1n) is 9.93. The maximum atomic E-state index is 11.6. The van der Waals surface area contributed by atoms with E-state index in [1.54, 1.807) is 0 Å². The van der Waals surface area contributed by atoms with Crippen molar-refractivity contribution in [1.29, 1.82) is 0 Å². The van der Waals surface area contributed by atoms with Crippen LogP contribution in [-0.2, 0) is 4.74 Å². The monoisotopic (exact) mass is 502 g/mol. The van der Waals surface area contributed by atoms with Gasteiger partial charge in [0.05, 0.1) is 0 Å². The minimum atomic E-state index is -0.465. The summed E-state index contributed by atoms with van der Waals surface area (Å²) in [5.41, 5.74) is 0.956. The smallest absolute Gasteiger partial charge is 0.407 e. The fraction of sp³-hybridized carbons (Fsp3) is 0.619. The maximum absolute atomic E-state index is 11.6. The number of hydrogen-bond acceptors (Lipinski definition) is 3. The largest absolute Gasteiger partial charge is 0.444 e. The van der Waals surface area contributed by atoms with Crippen LogP contribution in [0.5, 0.6) is 0 Å². The number of halogens is 1.